The maximum Gasteiger partial charge on any atom is 0.330 e. The van der Waals surface area contributed by atoms with Gasteiger partial charge in [-0.1, -0.05) is 0 Å². The van der Waals surface area contributed by atoms with E-state index in [4.69, 9.17) is 9.47 Å². The molecule has 1 aromatic carbocycles. The molecule has 2 rings (SSSR count). The zero-order chi connectivity index (χ0) is 14.5. The summed E-state index contributed by atoms with van der Waals surface area (Å²) in [5, 5.41) is 1.04. The van der Waals surface area contributed by atoms with Gasteiger partial charge in [-0.2, -0.15) is 0 Å². The zero-order valence-corrected chi connectivity index (χ0v) is 11.8. The highest BCUT2D eigenvalue weighted by molar-refractivity contribution is 5.88. The van der Waals surface area contributed by atoms with Crippen LogP contribution in [0.4, 0.5) is 0 Å². The summed E-state index contributed by atoms with van der Waals surface area (Å²) in [6.07, 6.45) is 3.05. The number of fused-ring (bicyclic) bond motifs is 1. The van der Waals surface area contributed by atoms with Crippen molar-refractivity contribution >= 4 is 22.9 Å². The molecule has 0 unspecified atom stereocenters. The number of pyridine rings is 1. The first-order valence-corrected chi connectivity index (χ1v) is 6.44. The summed E-state index contributed by atoms with van der Waals surface area (Å²) < 4.78 is 10.1. The number of nitrogens with zero attached hydrogens (tertiary/aromatic N) is 1. The molecule has 0 aliphatic carbocycles. The molecule has 0 amide bonds. The van der Waals surface area contributed by atoms with E-state index >= 15 is 0 Å². The Morgan fingerprint density at radius 2 is 2.15 bits per heavy atom. The van der Waals surface area contributed by atoms with Crippen molar-refractivity contribution in [3.63, 3.8) is 0 Å². The van der Waals surface area contributed by atoms with E-state index in [9.17, 15) is 4.79 Å². The van der Waals surface area contributed by atoms with E-state index in [1.165, 1.54) is 6.08 Å². The van der Waals surface area contributed by atoms with Crippen LogP contribution >= 0.6 is 0 Å². The first-order chi connectivity index (χ1) is 9.63. The van der Waals surface area contributed by atoms with Gasteiger partial charge in [0.25, 0.3) is 0 Å². The van der Waals surface area contributed by atoms with E-state index in [1.807, 2.05) is 31.2 Å². The van der Waals surface area contributed by atoms with Crippen molar-refractivity contribution in [3.8, 4) is 5.75 Å². The van der Waals surface area contributed by atoms with Crippen LogP contribution in [0.15, 0.2) is 30.3 Å². The van der Waals surface area contributed by atoms with Crippen molar-refractivity contribution in [2.24, 2.45) is 0 Å². The van der Waals surface area contributed by atoms with Crippen molar-refractivity contribution in [2.45, 2.75) is 13.8 Å². The van der Waals surface area contributed by atoms with Crippen LogP contribution in [-0.2, 0) is 9.53 Å². The number of aryl methyl sites for hydroxylation is 1. The Balaban J connectivity index is 2.35. The number of esters is 1. The molecule has 1 heterocycles. The third-order valence-corrected chi connectivity index (χ3v) is 2.92. The topological polar surface area (TPSA) is 48.4 Å². The third-order valence-electron chi connectivity index (χ3n) is 2.92. The third kappa shape index (κ3) is 3.15. The number of hydrogen-bond donors (Lipinski definition) is 0. The van der Waals surface area contributed by atoms with Gasteiger partial charge in [0.1, 0.15) is 5.75 Å². The molecule has 0 radical (unpaired) electrons. The molecule has 0 aliphatic heterocycles. The first kappa shape index (κ1) is 14.1. The number of methoxy groups -OCH3 is 1. The number of ether oxygens (including phenoxy) is 2. The highest BCUT2D eigenvalue weighted by Crippen LogP contribution is 2.23. The molecule has 20 heavy (non-hydrogen) atoms. The maximum atomic E-state index is 11.3. The molecule has 0 saturated carbocycles. The summed E-state index contributed by atoms with van der Waals surface area (Å²) in [5.74, 6) is 0.444. The van der Waals surface area contributed by atoms with Crippen molar-refractivity contribution in [2.75, 3.05) is 13.7 Å². The fourth-order valence-electron chi connectivity index (χ4n) is 1.96. The second-order valence-electron chi connectivity index (χ2n) is 4.33. The summed E-state index contributed by atoms with van der Waals surface area (Å²) in [5.41, 5.74) is 2.68. The molecule has 0 saturated heterocycles. The number of carbonyl (C=O) groups excluding carboxylic acids is 1. The molecule has 0 aliphatic rings. The van der Waals surface area contributed by atoms with Crippen LogP contribution in [0.5, 0.6) is 5.75 Å². The van der Waals surface area contributed by atoms with E-state index in [2.05, 4.69) is 4.98 Å². The highest BCUT2D eigenvalue weighted by atomic mass is 16.5. The SMILES string of the molecule is CCOC(=O)/C=C/c1cc(C)c2cc(OC)ccc2n1. The molecule has 1 aromatic heterocycles. The number of hydrogen-bond acceptors (Lipinski definition) is 4. The monoisotopic (exact) mass is 271 g/mol. The van der Waals surface area contributed by atoms with Gasteiger partial charge in [-0.25, -0.2) is 9.78 Å². The summed E-state index contributed by atoms with van der Waals surface area (Å²) in [4.78, 5) is 15.8. The lowest BCUT2D eigenvalue weighted by atomic mass is 10.1. The van der Waals surface area contributed by atoms with Crippen LogP contribution in [0.3, 0.4) is 0 Å². The Bertz CT molecular complexity index is 662. The largest absolute Gasteiger partial charge is 0.497 e. The van der Waals surface area contributed by atoms with Gasteiger partial charge in [0.05, 0.1) is 24.9 Å². The predicted octanol–water partition coefficient (Wildman–Crippen LogP) is 3.13. The smallest absolute Gasteiger partial charge is 0.330 e. The number of aromatic nitrogens is 1. The Labute approximate surface area is 118 Å². The lowest BCUT2D eigenvalue weighted by Crippen LogP contribution is -1.99. The van der Waals surface area contributed by atoms with Crippen LogP contribution in [0.25, 0.3) is 17.0 Å². The van der Waals surface area contributed by atoms with E-state index in [1.54, 1.807) is 20.1 Å². The highest BCUT2D eigenvalue weighted by Gasteiger charge is 2.03. The van der Waals surface area contributed by atoms with E-state index in [0.717, 1.165) is 27.9 Å². The average molecular weight is 271 g/mol. The molecule has 2 aromatic rings. The van der Waals surface area contributed by atoms with Gasteiger partial charge in [0, 0.05) is 11.5 Å². The van der Waals surface area contributed by atoms with Gasteiger partial charge in [0.15, 0.2) is 0 Å². The Morgan fingerprint density at radius 3 is 2.85 bits per heavy atom. The number of carbonyl (C=O) groups is 1. The molecular formula is C16H17NO3. The van der Waals surface area contributed by atoms with Gasteiger partial charge in [-0.05, 0) is 49.8 Å². The fraction of sp³-hybridized carbons (Fsp3) is 0.250. The Hall–Kier alpha value is -2.36. The summed E-state index contributed by atoms with van der Waals surface area (Å²) in [7, 11) is 1.64. The predicted molar refractivity (Wildman–Crippen MR) is 78.7 cm³/mol. The molecule has 0 fully saturated rings. The van der Waals surface area contributed by atoms with Gasteiger partial charge in [-0.3, -0.25) is 0 Å². The average Bonchev–Trinajstić information content (AvgIpc) is 2.45. The second kappa shape index (κ2) is 6.19. The summed E-state index contributed by atoms with van der Waals surface area (Å²) in [6.45, 7) is 4.15. The Morgan fingerprint density at radius 1 is 1.35 bits per heavy atom. The fourth-order valence-corrected chi connectivity index (χ4v) is 1.96. The lowest BCUT2D eigenvalue weighted by molar-refractivity contribution is -0.137. The molecule has 0 atom stereocenters. The van der Waals surface area contributed by atoms with Crippen molar-refractivity contribution in [3.05, 3.63) is 41.6 Å². The minimum atomic E-state index is -0.359. The van der Waals surface area contributed by atoms with E-state index in [-0.39, 0.29) is 5.97 Å². The number of rotatable bonds is 4. The lowest BCUT2D eigenvalue weighted by Gasteiger charge is -2.06. The molecule has 0 spiro atoms. The molecule has 104 valence electrons. The van der Waals surface area contributed by atoms with Crippen molar-refractivity contribution in [1.29, 1.82) is 0 Å². The van der Waals surface area contributed by atoms with Gasteiger partial charge in [0.2, 0.25) is 0 Å². The van der Waals surface area contributed by atoms with Crippen LogP contribution in [0.1, 0.15) is 18.2 Å². The van der Waals surface area contributed by atoms with E-state index < -0.39 is 0 Å². The molecule has 0 bridgehead atoms. The van der Waals surface area contributed by atoms with Crippen molar-refractivity contribution in [1.82, 2.24) is 4.98 Å². The van der Waals surface area contributed by atoms with Gasteiger partial charge >= 0.3 is 5.97 Å². The van der Waals surface area contributed by atoms with Crippen LogP contribution in [-0.4, -0.2) is 24.7 Å². The van der Waals surface area contributed by atoms with Gasteiger partial charge in [-0.15, -0.1) is 0 Å². The summed E-state index contributed by atoms with van der Waals surface area (Å²) in [6, 6.07) is 7.66. The molecule has 4 heteroatoms. The second-order valence-corrected chi connectivity index (χ2v) is 4.33. The zero-order valence-electron chi connectivity index (χ0n) is 11.8. The van der Waals surface area contributed by atoms with Crippen LogP contribution in [0, 0.1) is 6.92 Å². The minimum absolute atomic E-state index is 0.359. The van der Waals surface area contributed by atoms with E-state index in [0.29, 0.717) is 6.61 Å². The standard InChI is InChI=1S/C16H17NO3/c1-4-20-16(18)8-5-12-9-11(2)14-10-13(19-3)6-7-15(14)17-12/h5-10H,4H2,1-3H3/b8-5+. The Kier molecular flexibility index (Phi) is 4.35. The maximum absolute atomic E-state index is 11.3. The molecular weight excluding hydrogens is 254 g/mol. The van der Waals surface area contributed by atoms with Crippen LogP contribution < -0.4 is 4.74 Å². The molecule has 0 N–H and O–H groups in total. The number of benzene rings is 1. The van der Waals surface area contributed by atoms with Gasteiger partial charge < -0.3 is 9.47 Å². The quantitative estimate of drug-likeness (QED) is 0.633. The normalized spacial score (nSPS) is 10.9. The summed E-state index contributed by atoms with van der Waals surface area (Å²) >= 11 is 0. The van der Waals surface area contributed by atoms with Crippen molar-refractivity contribution < 1.29 is 14.3 Å². The first-order valence-electron chi connectivity index (χ1n) is 6.44. The minimum Gasteiger partial charge on any atom is -0.497 e. The van der Waals surface area contributed by atoms with Crippen LogP contribution in [0.2, 0.25) is 0 Å². The molecule has 4 nitrogen and oxygen atoms in total.